The van der Waals surface area contributed by atoms with Gasteiger partial charge in [-0.3, -0.25) is 14.6 Å². The van der Waals surface area contributed by atoms with Gasteiger partial charge in [0.2, 0.25) is 5.91 Å². The van der Waals surface area contributed by atoms with Crippen molar-refractivity contribution < 1.29 is 14.3 Å². The minimum atomic E-state index is 0. The molecule has 0 aromatic heterocycles. The van der Waals surface area contributed by atoms with Gasteiger partial charge in [-0.05, 0) is 67.1 Å². The standard InChI is InChI=1S/C27H37N3O3.2ClH/c1-19-12-20(2)24(21(3)13-19)17-28-8-10-29(11-9-28)18-27(31)30-7-6-22-14-25(32-4)26(33-5)15-23(22)16-30;;/h12-15H,6-11,16-18H2,1-5H3;2*1H. The second-order valence-electron chi connectivity index (χ2n) is 9.47. The lowest BCUT2D eigenvalue weighted by Gasteiger charge is -2.36. The van der Waals surface area contributed by atoms with Gasteiger partial charge >= 0.3 is 0 Å². The molecule has 2 heterocycles. The molecule has 1 amide bonds. The highest BCUT2D eigenvalue weighted by Gasteiger charge is 2.26. The van der Waals surface area contributed by atoms with Gasteiger partial charge in [0.05, 0.1) is 20.8 Å². The summed E-state index contributed by atoms with van der Waals surface area (Å²) >= 11 is 0. The molecule has 0 N–H and O–H groups in total. The average Bonchev–Trinajstić information content (AvgIpc) is 2.81. The van der Waals surface area contributed by atoms with Crippen molar-refractivity contribution in [3.8, 4) is 11.5 Å². The molecular weight excluding hydrogens is 485 g/mol. The van der Waals surface area contributed by atoms with Gasteiger partial charge in [0.25, 0.3) is 0 Å². The van der Waals surface area contributed by atoms with Crippen LogP contribution in [0.3, 0.4) is 0 Å². The van der Waals surface area contributed by atoms with Gasteiger partial charge in [0.15, 0.2) is 11.5 Å². The predicted molar refractivity (Wildman–Crippen MR) is 146 cm³/mol. The van der Waals surface area contributed by atoms with Gasteiger partial charge < -0.3 is 14.4 Å². The normalized spacial score (nSPS) is 16.1. The van der Waals surface area contributed by atoms with Crippen LogP contribution in [-0.2, 0) is 24.3 Å². The van der Waals surface area contributed by atoms with E-state index in [4.69, 9.17) is 9.47 Å². The molecule has 4 rings (SSSR count). The molecule has 35 heavy (non-hydrogen) atoms. The first-order valence-electron chi connectivity index (χ1n) is 11.9. The lowest BCUT2D eigenvalue weighted by atomic mass is 9.98. The Morgan fingerprint density at radius 2 is 1.34 bits per heavy atom. The molecule has 8 heteroatoms. The predicted octanol–water partition coefficient (Wildman–Crippen LogP) is 4.18. The molecule has 2 aromatic carbocycles. The van der Waals surface area contributed by atoms with E-state index in [9.17, 15) is 4.79 Å². The average molecular weight is 525 g/mol. The van der Waals surface area contributed by atoms with Crippen molar-refractivity contribution in [3.63, 3.8) is 0 Å². The number of fused-ring (bicyclic) bond motifs is 1. The summed E-state index contributed by atoms with van der Waals surface area (Å²) in [5.41, 5.74) is 7.93. The van der Waals surface area contributed by atoms with Crippen LogP contribution in [-0.4, -0.2) is 74.1 Å². The molecule has 1 saturated heterocycles. The molecule has 2 aliphatic heterocycles. The third kappa shape index (κ3) is 6.82. The summed E-state index contributed by atoms with van der Waals surface area (Å²) in [5, 5.41) is 0. The van der Waals surface area contributed by atoms with Crippen LogP contribution < -0.4 is 9.47 Å². The first-order chi connectivity index (χ1) is 15.9. The first-order valence-corrected chi connectivity index (χ1v) is 11.9. The zero-order chi connectivity index (χ0) is 23.5. The van der Waals surface area contributed by atoms with Crippen molar-refractivity contribution >= 4 is 30.7 Å². The molecule has 6 nitrogen and oxygen atoms in total. The molecule has 1 fully saturated rings. The molecular formula is C27H39Cl2N3O3. The van der Waals surface area contributed by atoms with Crippen molar-refractivity contribution in [2.24, 2.45) is 0 Å². The summed E-state index contributed by atoms with van der Waals surface area (Å²) in [5.74, 6) is 1.69. The Morgan fingerprint density at radius 1 is 0.800 bits per heavy atom. The third-order valence-electron chi connectivity index (χ3n) is 7.12. The van der Waals surface area contributed by atoms with Crippen molar-refractivity contribution in [1.82, 2.24) is 14.7 Å². The third-order valence-corrected chi connectivity index (χ3v) is 7.12. The topological polar surface area (TPSA) is 45.3 Å². The number of benzene rings is 2. The number of carbonyl (C=O) groups excluding carboxylic acids is 1. The van der Waals surface area contributed by atoms with Gasteiger partial charge in [0, 0.05) is 45.8 Å². The van der Waals surface area contributed by atoms with Crippen LogP contribution in [0.5, 0.6) is 11.5 Å². The maximum atomic E-state index is 13.1. The van der Waals surface area contributed by atoms with Gasteiger partial charge in [-0.25, -0.2) is 0 Å². The number of hydrogen-bond acceptors (Lipinski definition) is 5. The van der Waals surface area contributed by atoms with Crippen LogP contribution in [0.1, 0.15) is 33.4 Å². The van der Waals surface area contributed by atoms with E-state index in [0.717, 1.165) is 62.8 Å². The Bertz CT molecular complexity index is 1000. The Balaban J connectivity index is 0.00000216. The molecule has 0 unspecified atom stereocenters. The fourth-order valence-corrected chi connectivity index (χ4v) is 5.18. The summed E-state index contributed by atoms with van der Waals surface area (Å²) < 4.78 is 10.9. The van der Waals surface area contributed by atoms with E-state index in [-0.39, 0.29) is 30.7 Å². The SMILES string of the molecule is COc1cc2c(cc1OC)CN(C(=O)CN1CCN(Cc3c(C)cc(C)cc3C)CC1)CC2.Cl.Cl. The fourth-order valence-electron chi connectivity index (χ4n) is 5.18. The van der Waals surface area contributed by atoms with E-state index in [1.54, 1.807) is 14.2 Å². The van der Waals surface area contributed by atoms with Gasteiger partial charge in [-0.15, -0.1) is 24.8 Å². The number of nitrogens with zero attached hydrogens (tertiary/aromatic N) is 3. The second kappa shape index (κ2) is 12.8. The number of amides is 1. The minimum Gasteiger partial charge on any atom is -0.493 e. The molecule has 194 valence electrons. The molecule has 2 aliphatic rings. The molecule has 0 bridgehead atoms. The lowest BCUT2D eigenvalue weighted by molar-refractivity contribution is -0.133. The van der Waals surface area contributed by atoms with Crippen LogP contribution in [0.25, 0.3) is 0 Å². The molecule has 0 aliphatic carbocycles. The van der Waals surface area contributed by atoms with Crippen LogP contribution in [0, 0.1) is 20.8 Å². The molecule has 2 aromatic rings. The second-order valence-corrected chi connectivity index (χ2v) is 9.47. The van der Waals surface area contributed by atoms with Crippen molar-refractivity contribution in [1.29, 1.82) is 0 Å². The van der Waals surface area contributed by atoms with E-state index in [1.807, 2.05) is 17.0 Å². The monoisotopic (exact) mass is 523 g/mol. The molecule has 0 radical (unpaired) electrons. The van der Waals surface area contributed by atoms with Gasteiger partial charge in [-0.2, -0.15) is 0 Å². The quantitative estimate of drug-likeness (QED) is 0.568. The number of aryl methyl sites for hydroxylation is 3. The smallest absolute Gasteiger partial charge is 0.237 e. The zero-order valence-electron chi connectivity index (χ0n) is 21.6. The van der Waals surface area contributed by atoms with E-state index in [1.165, 1.54) is 27.8 Å². The van der Waals surface area contributed by atoms with Crippen molar-refractivity contribution in [2.75, 3.05) is 53.5 Å². The summed E-state index contributed by atoms with van der Waals surface area (Å²) in [7, 11) is 3.31. The summed E-state index contributed by atoms with van der Waals surface area (Å²) in [4.78, 5) is 19.9. The van der Waals surface area contributed by atoms with Crippen molar-refractivity contribution in [2.45, 2.75) is 40.3 Å². The lowest BCUT2D eigenvalue weighted by Crippen LogP contribution is -2.50. The number of piperazine rings is 1. The Hall–Kier alpha value is -1.99. The van der Waals surface area contributed by atoms with Gasteiger partial charge in [-0.1, -0.05) is 17.7 Å². The molecule has 0 saturated carbocycles. The highest BCUT2D eigenvalue weighted by atomic mass is 35.5. The molecule has 0 spiro atoms. The van der Waals surface area contributed by atoms with Crippen LogP contribution in [0.2, 0.25) is 0 Å². The van der Waals surface area contributed by atoms with E-state index in [0.29, 0.717) is 13.1 Å². The maximum Gasteiger partial charge on any atom is 0.237 e. The Morgan fingerprint density at radius 3 is 1.91 bits per heavy atom. The first kappa shape index (κ1) is 29.2. The van der Waals surface area contributed by atoms with E-state index in [2.05, 4.69) is 42.7 Å². The summed E-state index contributed by atoms with van der Waals surface area (Å²) in [6, 6.07) is 8.62. The Labute approximate surface area is 222 Å². The fraction of sp³-hybridized carbons (Fsp3) is 0.519. The highest BCUT2D eigenvalue weighted by molar-refractivity contribution is 5.85. The Kier molecular flexibility index (Phi) is 10.7. The van der Waals surface area contributed by atoms with Gasteiger partial charge in [0.1, 0.15) is 0 Å². The van der Waals surface area contributed by atoms with E-state index >= 15 is 0 Å². The minimum absolute atomic E-state index is 0. The van der Waals surface area contributed by atoms with E-state index < -0.39 is 0 Å². The number of halogens is 2. The maximum absolute atomic E-state index is 13.1. The van der Waals surface area contributed by atoms with Crippen LogP contribution in [0.15, 0.2) is 24.3 Å². The number of methoxy groups -OCH3 is 2. The largest absolute Gasteiger partial charge is 0.493 e. The number of ether oxygens (including phenoxy) is 2. The highest BCUT2D eigenvalue weighted by Crippen LogP contribution is 2.33. The molecule has 0 atom stereocenters. The van der Waals surface area contributed by atoms with Crippen LogP contribution in [0.4, 0.5) is 0 Å². The summed E-state index contributed by atoms with van der Waals surface area (Å²) in [6.45, 7) is 13.4. The van der Waals surface area contributed by atoms with Crippen LogP contribution >= 0.6 is 24.8 Å². The number of carbonyl (C=O) groups is 1. The summed E-state index contributed by atoms with van der Waals surface area (Å²) in [6.07, 6.45) is 0.852. The number of rotatable bonds is 6. The number of hydrogen-bond donors (Lipinski definition) is 0. The van der Waals surface area contributed by atoms with Crippen molar-refractivity contribution in [3.05, 3.63) is 57.6 Å². The zero-order valence-corrected chi connectivity index (χ0v) is 23.2.